The Morgan fingerprint density at radius 1 is 1.12 bits per heavy atom. The van der Waals surface area contributed by atoms with Crippen molar-refractivity contribution in [3.63, 3.8) is 0 Å². The van der Waals surface area contributed by atoms with Gasteiger partial charge in [0.15, 0.2) is 0 Å². The number of halogens is 1. The van der Waals surface area contributed by atoms with Crippen LogP contribution in [-0.2, 0) is 6.54 Å². The second kappa shape index (κ2) is 9.62. The molecule has 1 saturated heterocycles. The van der Waals surface area contributed by atoms with E-state index in [1.165, 1.54) is 19.3 Å². The number of amides is 1. The number of piperidine rings is 1. The zero-order chi connectivity index (χ0) is 23.5. The van der Waals surface area contributed by atoms with Crippen molar-refractivity contribution in [2.75, 3.05) is 23.3 Å². The quantitative estimate of drug-likeness (QED) is 0.389. The second-order valence-electron chi connectivity index (χ2n) is 8.30. The summed E-state index contributed by atoms with van der Waals surface area (Å²) in [6.45, 7) is 5.70. The highest BCUT2D eigenvalue weighted by atomic mass is 35.5. The van der Waals surface area contributed by atoms with Crippen LogP contribution in [0.1, 0.15) is 46.6 Å². The Morgan fingerprint density at radius 3 is 2.42 bits per heavy atom. The lowest BCUT2D eigenvalue weighted by Crippen LogP contribution is -2.29. The molecule has 0 aliphatic carbocycles. The third-order valence-corrected chi connectivity index (χ3v) is 6.28. The number of hydrogen-bond donors (Lipinski definition) is 1. The summed E-state index contributed by atoms with van der Waals surface area (Å²) in [7, 11) is 0. The van der Waals surface area contributed by atoms with Crippen molar-refractivity contribution in [1.82, 2.24) is 9.78 Å². The third kappa shape index (κ3) is 5.01. The van der Waals surface area contributed by atoms with E-state index in [-0.39, 0.29) is 11.6 Å². The molecule has 2 aromatic carbocycles. The molecule has 0 radical (unpaired) electrons. The predicted octanol–water partition coefficient (Wildman–Crippen LogP) is 5.35. The van der Waals surface area contributed by atoms with Gasteiger partial charge in [0.2, 0.25) is 0 Å². The largest absolute Gasteiger partial charge is 0.370 e. The van der Waals surface area contributed by atoms with Gasteiger partial charge in [0.05, 0.1) is 22.2 Å². The Bertz CT molecular complexity index is 1180. The fraction of sp³-hybridized carbons (Fsp3) is 0.333. The van der Waals surface area contributed by atoms with Gasteiger partial charge in [-0.2, -0.15) is 5.10 Å². The van der Waals surface area contributed by atoms with Crippen LogP contribution >= 0.6 is 11.6 Å². The minimum absolute atomic E-state index is 0.0379. The molecular weight excluding hydrogens is 442 g/mol. The van der Waals surface area contributed by atoms with Gasteiger partial charge in [-0.3, -0.25) is 19.6 Å². The summed E-state index contributed by atoms with van der Waals surface area (Å²) in [6, 6.07) is 12.7. The molecule has 0 bridgehead atoms. The lowest BCUT2D eigenvalue weighted by atomic mass is 10.1. The van der Waals surface area contributed by atoms with Crippen molar-refractivity contribution in [1.29, 1.82) is 0 Å². The topological polar surface area (TPSA) is 93.3 Å². The zero-order valence-corrected chi connectivity index (χ0v) is 19.4. The normalized spacial score (nSPS) is 13.7. The zero-order valence-electron chi connectivity index (χ0n) is 18.7. The molecule has 0 unspecified atom stereocenters. The molecule has 9 heteroatoms. The van der Waals surface area contributed by atoms with E-state index < -0.39 is 4.92 Å². The molecule has 33 heavy (non-hydrogen) atoms. The Balaban J connectivity index is 1.42. The fourth-order valence-corrected chi connectivity index (χ4v) is 4.52. The average molecular weight is 468 g/mol. The summed E-state index contributed by atoms with van der Waals surface area (Å²) in [5.74, 6) is -0.231. The number of anilines is 2. The van der Waals surface area contributed by atoms with Gasteiger partial charge in [-0.1, -0.05) is 23.7 Å². The Hall–Kier alpha value is -3.39. The maximum atomic E-state index is 12.7. The lowest BCUT2D eigenvalue weighted by molar-refractivity contribution is -0.386. The minimum atomic E-state index is -0.410. The van der Waals surface area contributed by atoms with Crippen LogP contribution < -0.4 is 10.2 Å². The van der Waals surface area contributed by atoms with Crippen molar-refractivity contribution in [2.24, 2.45) is 0 Å². The number of aromatic nitrogens is 2. The molecule has 0 saturated carbocycles. The molecule has 2 heterocycles. The molecule has 1 N–H and O–H groups in total. The van der Waals surface area contributed by atoms with Gasteiger partial charge in [0.25, 0.3) is 5.91 Å². The minimum Gasteiger partial charge on any atom is -0.370 e. The molecule has 1 amide bonds. The van der Waals surface area contributed by atoms with Crippen molar-refractivity contribution >= 4 is 34.6 Å². The molecule has 172 valence electrons. The van der Waals surface area contributed by atoms with Crippen molar-refractivity contribution in [3.8, 4) is 0 Å². The summed E-state index contributed by atoms with van der Waals surface area (Å²) in [5, 5.41) is 19.0. The molecule has 1 aromatic heterocycles. The van der Waals surface area contributed by atoms with Gasteiger partial charge in [0.1, 0.15) is 11.4 Å². The van der Waals surface area contributed by atoms with E-state index in [2.05, 4.69) is 15.3 Å². The number of aryl methyl sites for hydroxylation is 1. The van der Waals surface area contributed by atoms with E-state index in [1.807, 2.05) is 24.3 Å². The van der Waals surface area contributed by atoms with Gasteiger partial charge in [-0.15, -0.1) is 0 Å². The number of nitrogens with one attached hydrogen (secondary N) is 1. The van der Waals surface area contributed by atoms with E-state index in [4.69, 9.17) is 11.6 Å². The van der Waals surface area contributed by atoms with Gasteiger partial charge in [-0.25, -0.2) is 0 Å². The van der Waals surface area contributed by atoms with E-state index >= 15 is 0 Å². The van der Waals surface area contributed by atoms with E-state index in [0.717, 1.165) is 24.3 Å². The molecule has 1 aliphatic rings. The standard InChI is InChI=1S/C24H26ClN5O3/c1-16-23(30(32)33)17(2)29(27-16)15-18-6-8-19(9-7-18)24(31)26-20-10-11-22(21(25)14-20)28-12-4-3-5-13-28/h6-11,14H,3-5,12-13,15H2,1-2H3,(H,26,31). The predicted molar refractivity (Wildman–Crippen MR) is 129 cm³/mol. The summed E-state index contributed by atoms with van der Waals surface area (Å²) in [6.07, 6.45) is 3.59. The van der Waals surface area contributed by atoms with Gasteiger partial charge in [0, 0.05) is 24.3 Å². The SMILES string of the molecule is Cc1nn(Cc2ccc(C(=O)Nc3ccc(N4CCCCC4)c(Cl)c3)cc2)c(C)c1[N+](=O)[O-]. The number of nitrogens with zero attached hydrogens (tertiary/aromatic N) is 4. The van der Waals surface area contributed by atoms with Gasteiger partial charge in [-0.05, 0) is 69.0 Å². The van der Waals surface area contributed by atoms with E-state index in [1.54, 1.807) is 36.7 Å². The first-order valence-corrected chi connectivity index (χ1v) is 11.3. The summed E-state index contributed by atoms with van der Waals surface area (Å²) in [5.41, 5.74) is 3.97. The highest BCUT2D eigenvalue weighted by molar-refractivity contribution is 6.33. The van der Waals surface area contributed by atoms with Crippen LogP contribution in [0.2, 0.25) is 5.02 Å². The fourth-order valence-electron chi connectivity index (χ4n) is 4.22. The van der Waals surface area contributed by atoms with Crippen molar-refractivity contribution in [2.45, 2.75) is 39.7 Å². The average Bonchev–Trinajstić information content (AvgIpc) is 3.07. The Morgan fingerprint density at radius 2 is 1.82 bits per heavy atom. The maximum Gasteiger partial charge on any atom is 0.312 e. The first-order valence-electron chi connectivity index (χ1n) is 11.0. The van der Waals surface area contributed by atoms with Crippen LogP contribution in [0.25, 0.3) is 0 Å². The number of benzene rings is 2. The highest BCUT2D eigenvalue weighted by Crippen LogP contribution is 2.31. The van der Waals surface area contributed by atoms with Gasteiger partial charge >= 0.3 is 5.69 Å². The highest BCUT2D eigenvalue weighted by Gasteiger charge is 2.21. The second-order valence-corrected chi connectivity index (χ2v) is 8.71. The van der Waals surface area contributed by atoms with Gasteiger partial charge < -0.3 is 10.2 Å². The van der Waals surface area contributed by atoms with Crippen LogP contribution in [0, 0.1) is 24.0 Å². The van der Waals surface area contributed by atoms with Crippen LogP contribution in [0.4, 0.5) is 17.1 Å². The molecule has 3 aromatic rings. The number of hydrogen-bond acceptors (Lipinski definition) is 5. The molecule has 0 atom stereocenters. The van der Waals surface area contributed by atoms with Crippen LogP contribution in [-0.4, -0.2) is 33.7 Å². The summed E-state index contributed by atoms with van der Waals surface area (Å²) in [4.78, 5) is 25.8. The number of carbonyl (C=O) groups is 1. The number of carbonyl (C=O) groups excluding carboxylic acids is 1. The molecule has 1 aliphatic heterocycles. The monoisotopic (exact) mass is 467 g/mol. The summed E-state index contributed by atoms with van der Waals surface area (Å²) < 4.78 is 1.61. The Labute approximate surface area is 197 Å². The molecule has 1 fully saturated rings. The number of nitro groups is 1. The Kier molecular flexibility index (Phi) is 6.65. The first-order chi connectivity index (χ1) is 15.8. The van der Waals surface area contributed by atoms with E-state index in [9.17, 15) is 14.9 Å². The third-order valence-electron chi connectivity index (χ3n) is 5.98. The van der Waals surface area contributed by atoms with Crippen molar-refractivity contribution < 1.29 is 9.72 Å². The molecule has 4 rings (SSSR count). The van der Waals surface area contributed by atoms with Crippen LogP contribution in [0.3, 0.4) is 0 Å². The molecule has 0 spiro atoms. The van der Waals surface area contributed by atoms with Crippen LogP contribution in [0.15, 0.2) is 42.5 Å². The van der Waals surface area contributed by atoms with Crippen molar-refractivity contribution in [3.05, 3.63) is 80.1 Å². The first kappa shape index (κ1) is 22.8. The maximum absolute atomic E-state index is 12.7. The number of rotatable bonds is 6. The van der Waals surface area contributed by atoms with Crippen LogP contribution in [0.5, 0.6) is 0 Å². The smallest absolute Gasteiger partial charge is 0.312 e. The molecular formula is C24H26ClN5O3. The molecule has 8 nitrogen and oxygen atoms in total. The summed E-state index contributed by atoms with van der Waals surface area (Å²) >= 11 is 6.49. The lowest BCUT2D eigenvalue weighted by Gasteiger charge is -2.29. The van der Waals surface area contributed by atoms with E-state index in [0.29, 0.717) is 34.2 Å².